The predicted octanol–water partition coefficient (Wildman–Crippen LogP) is 7.61. The van der Waals surface area contributed by atoms with E-state index in [0.29, 0.717) is 19.3 Å². The highest BCUT2D eigenvalue weighted by atomic mass is 16.7. The number of allylic oxidation sites excluding steroid dienone is 6. The highest BCUT2D eigenvalue weighted by molar-refractivity contribution is 5.80. The monoisotopic (exact) mass is 826 g/mol. The number of hydrogen-bond acceptors (Lipinski definition) is 10. The SMILES string of the molecule is CCCCCC/C=C/CC/C=C/CCCC(O)C(O)C(COC1OC(CO)C(O)C(O)C1O)NC(=O)C(O)CCCCCCCC/C=C\CCCCCCCCCC. The van der Waals surface area contributed by atoms with Gasteiger partial charge in [0.25, 0.3) is 0 Å². The smallest absolute Gasteiger partial charge is 0.249 e. The maximum Gasteiger partial charge on any atom is 0.249 e. The van der Waals surface area contributed by atoms with Crippen LogP contribution in [0.15, 0.2) is 36.5 Å². The molecule has 0 radical (unpaired) electrons. The maximum atomic E-state index is 13.1. The van der Waals surface area contributed by atoms with Crippen molar-refractivity contribution in [2.24, 2.45) is 0 Å². The fourth-order valence-electron chi connectivity index (χ4n) is 7.21. The third-order valence-corrected chi connectivity index (χ3v) is 11.1. The van der Waals surface area contributed by atoms with Crippen LogP contribution in [0.4, 0.5) is 0 Å². The van der Waals surface area contributed by atoms with Gasteiger partial charge in [0.15, 0.2) is 6.29 Å². The number of carbonyl (C=O) groups is 1. The van der Waals surface area contributed by atoms with E-state index in [-0.39, 0.29) is 12.8 Å². The van der Waals surface area contributed by atoms with Crippen molar-refractivity contribution in [3.63, 3.8) is 0 Å². The molecule has 11 nitrogen and oxygen atoms in total. The summed E-state index contributed by atoms with van der Waals surface area (Å²) in [6.07, 6.45) is 30.5. The summed E-state index contributed by atoms with van der Waals surface area (Å²) >= 11 is 0. The Balaban J connectivity index is 2.47. The zero-order chi connectivity index (χ0) is 42.6. The highest BCUT2D eigenvalue weighted by Crippen LogP contribution is 2.23. The van der Waals surface area contributed by atoms with Gasteiger partial charge in [-0.15, -0.1) is 0 Å². The van der Waals surface area contributed by atoms with Crippen molar-refractivity contribution in [1.29, 1.82) is 0 Å². The molecule has 0 aliphatic carbocycles. The van der Waals surface area contributed by atoms with Crippen LogP contribution in [0, 0.1) is 0 Å². The highest BCUT2D eigenvalue weighted by Gasteiger charge is 2.44. The molecule has 0 aromatic heterocycles. The van der Waals surface area contributed by atoms with Crippen LogP contribution in [0.5, 0.6) is 0 Å². The van der Waals surface area contributed by atoms with Gasteiger partial charge in [0.2, 0.25) is 5.91 Å². The van der Waals surface area contributed by atoms with E-state index in [0.717, 1.165) is 57.8 Å². The van der Waals surface area contributed by atoms with Crippen LogP contribution >= 0.6 is 0 Å². The fourth-order valence-corrected chi connectivity index (χ4v) is 7.21. The molecule has 58 heavy (non-hydrogen) atoms. The van der Waals surface area contributed by atoms with Crippen LogP contribution in [0.25, 0.3) is 0 Å². The van der Waals surface area contributed by atoms with Gasteiger partial charge in [-0.2, -0.15) is 0 Å². The Labute approximate surface area is 352 Å². The van der Waals surface area contributed by atoms with Gasteiger partial charge in [-0.05, 0) is 77.0 Å². The number of amides is 1. The number of aliphatic hydroxyl groups is 7. The number of ether oxygens (including phenoxy) is 2. The molecule has 0 spiro atoms. The average Bonchev–Trinajstić information content (AvgIpc) is 3.22. The molecule has 1 saturated heterocycles. The van der Waals surface area contributed by atoms with Gasteiger partial charge in [0.05, 0.1) is 25.4 Å². The molecule has 0 bridgehead atoms. The fraction of sp³-hybridized carbons (Fsp3) is 0.851. The summed E-state index contributed by atoms with van der Waals surface area (Å²) in [4.78, 5) is 13.1. The summed E-state index contributed by atoms with van der Waals surface area (Å²) in [5, 5.41) is 75.6. The lowest BCUT2D eigenvalue weighted by Gasteiger charge is -2.40. The second kappa shape index (κ2) is 37.1. The van der Waals surface area contributed by atoms with Gasteiger partial charge in [-0.25, -0.2) is 0 Å². The molecular weight excluding hydrogens is 739 g/mol. The van der Waals surface area contributed by atoms with Crippen LogP contribution in [0.3, 0.4) is 0 Å². The van der Waals surface area contributed by atoms with E-state index in [1.807, 2.05) is 0 Å². The first-order valence-electron chi connectivity index (χ1n) is 23.4. The van der Waals surface area contributed by atoms with Crippen molar-refractivity contribution in [3.05, 3.63) is 36.5 Å². The summed E-state index contributed by atoms with van der Waals surface area (Å²) in [7, 11) is 0. The van der Waals surface area contributed by atoms with Crippen LogP contribution in [0.2, 0.25) is 0 Å². The third kappa shape index (κ3) is 26.5. The van der Waals surface area contributed by atoms with Crippen molar-refractivity contribution in [3.8, 4) is 0 Å². The van der Waals surface area contributed by atoms with Crippen LogP contribution in [0.1, 0.15) is 187 Å². The summed E-state index contributed by atoms with van der Waals surface area (Å²) in [5.41, 5.74) is 0. The van der Waals surface area contributed by atoms with E-state index in [1.165, 1.54) is 83.5 Å². The number of hydrogen-bond donors (Lipinski definition) is 8. The van der Waals surface area contributed by atoms with Gasteiger partial charge in [-0.1, -0.05) is 147 Å². The lowest BCUT2D eigenvalue weighted by atomic mass is 9.98. The molecule has 11 heteroatoms. The van der Waals surface area contributed by atoms with Crippen LogP contribution in [-0.2, 0) is 14.3 Å². The molecule has 1 fully saturated rings. The van der Waals surface area contributed by atoms with Gasteiger partial charge in [0, 0.05) is 0 Å². The van der Waals surface area contributed by atoms with Gasteiger partial charge < -0.3 is 50.5 Å². The van der Waals surface area contributed by atoms with Crippen molar-refractivity contribution in [2.45, 2.75) is 242 Å². The molecule has 0 saturated carbocycles. The van der Waals surface area contributed by atoms with Gasteiger partial charge in [0.1, 0.15) is 36.6 Å². The quantitative estimate of drug-likeness (QED) is 0.0227. The first-order chi connectivity index (χ1) is 28.2. The Bertz CT molecular complexity index is 1040. The van der Waals surface area contributed by atoms with Crippen LogP contribution < -0.4 is 5.32 Å². The Morgan fingerprint density at radius 2 is 1.03 bits per heavy atom. The normalized spacial score (nSPS) is 22.3. The summed E-state index contributed by atoms with van der Waals surface area (Å²) < 4.78 is 11.1. The molecule has 9 atom stereocenters. The number of rotatable bonds is 38. The molecular formula is C47H87NO10. The zero-order valence-corrected chi connectivity index (χ0v) is 36.5. The van der Waals surface area contributed by atoms with Gasteiger partial charge >= 0.3 is 0 Å². The standard InChI is InChI=1S/C47H87NO10/c1-3-5-7-9-11-13-15-17-18-19-20-21-23-25-27-29-31-33-35-40(51)46(56)48-38(37-57-47-45(55)44(54)43(53)41(36-49)58-47)42(52)39(50)34-32-30-28-26-24-22-16-14-12-10-8-6-4-2/h14,16,19-20,26,28,38-45,47,49-55H,3-13,15,17-18,21-25,27,29-37H2,1-2H3,(H,48,56)/b16-14+,20-19-,28-26+. The summed E-state index contributed by atoms with van der Waals surface area (Å²) in [6, 6.07) is -1.19. The molecule has 340 valence electrons. The van der Waals surface area contributed by atoms with Gasteiger partial charge in [-0.3, -0.25) is 4.79 Å². The molecule has 1 amide bonds. The summed E-state index contributed by atoms with van der Waals surface area (Å²) in [6.45, 7) is 3.38. The molecule has 1 aliphatic rings. The van der Waals surface area contributed by atoms with Crippen molar-refractivity contribution in [1.82, 2.24) is 5.32 Å². The number of unbranched alkanes of at least 4 members (excludes halogenated alkanes) is 20. The molecule has 1 aliphatic heterocycles. The van der Waals surface area contributed by atoms with Crippen molar-refractivity contribution in [2.75, 3.05) is 13.2 Å². The molecule has 0 aromatic carbocycles. The Morgan fingerprint density at radius 3 is 1.55 bits per heavy atom. The largest absolute Gasteiger partial charge is 0.394 e. The van der Waals surface area contributed by atoms with E-state index in [9.17, 15) is 40.5 Å². The molecule has 1 heterocycles. The average molecular weight is 826 g/mol. The topological polar surface area (TPSA) is 189 Å². The second-order valence-electron chi connectivity index (χ2n) is 16.5. The minimum absolute atomic E-state index is 0.243. The minimum atomic E-state index is -1.67. The number of carbonyl (C=O) groups excluding carboxylic acids is 1. The summed E-state index contributed by atoms with van der Waals surface area (Å²) in [5.74, 6) is -0.717. The molecule has 1 rings (SSSR count). The lowest BCUT2D eigenvalue weighted by molar-refractivity contribution is -0.303. The van der Waals surface area contributed by atoms with E-state index in [1.54, 1.807) is 0 Å². The predicted molar refractivity (Wildman–Crippen MR) is 233 cm³/mol. The lowest BCUT2D eigenvalue weighted by Crippen LogP contribution is -2.60. The van der Waals surface area contributed by atoms with E-state index >= 15 is 0 Å². The van der Waals surface area contributed by atoms with Crippen LogP contribution in [-0.4, -0.2) is 110 Å². The second-order valence-corrected chi connectivity index (χ2v) is 16.5. The molecule has 9 unspecified atom stereocenters. The van der Waals surface area contributed by atoms with E-state index in [2.05, 4.69) is 55.6 Å². The minimum Gasteiger partial charge on any atom is -0.394 e. The van der Waals surface area contributed by atoms with Crippen molar-refractivity contribution < 1.29 is 50.0 Å². The third-order valence-electron chi connectivity index (χ3n) is 11.1. The Morgan fingerprint density at radius 1 is 0.586 bits per heavy atom. The Hall–Kier alpha value is -1.67. The molecule has 0 aromatic rings. The van der Waals surface area contributed by atoms with Crippen molar-refractivity contribution >= 4 is 5.91 Å². The van der Waals surface area contributed by atoms with E-state index < -0.39 is 74.2 Å². The first kappa shape index (κ1) is 54.3. The zero-order valence-electron chi connectivity index (χ0n) is 36.5. The Kier molecular flexibility index (Phi) is 34.8. The first-order valence-corrected chi connectivity index (χ1v) is 23.4. The maximum absolute atomic E-state index is 13.1. The van der Waals surface area contributed by atoms with E-state index in [4.69, 9.17) is 9.47 Å². The number of aliphatic hydroxyl groups excluding tert-OH is 7. The number of nitrogens with one attached hydrogen (secondary N) is 1. The molecule has 8 N–H and O–H groups in total.